The highest BCUT2D eigenvalue weighted by molar-refractivity contribution is 7.92. The third-order valence-electron chi connectivity index (χ3n) is 5.91. The normalized spacial score (nSPS) is 12.1. The molecule has 0 aliphatic carbocycles. The molecule has 0 saturated carbocycles. The summed E-state index contributed by atoms with van der Waals surface area (Å²) in [6.07, 6.45) is 0. The van der Waals surface area contributed by atoms with Gasteiger partial charge in [-0.25, -0.2) is 12.8 Å². The SMILES string of the molecule is CCNC(=O)[C@@H](C)N(Cc1c(Cl)cccc1Cl)C(=O)CN(c1ccc(F)cc1)S(=O)(=O)c1ccc(C)cc1. The Hall–Kier alpha value is -3.14. The van der Waals surface area contributed by atoms with Crippen LogP contribution in [0.4, 0.5) is 10.1 Å². The van der Waals surface area contributed by atoms with E-state index >= 15 is 0 Å². The molecule has 0 fully saturated rings. The first kappa shape index (κ1) is 29.4. The summed E-state index contributed by atoms with van der Waals surface area (Å²) in [6.45, 7) is 4.63. The van der Waals surface area contributed by atoms with Crippen LogP contribution >= 0.6 is 23.2 Å². The zero-order chi connectivity index (χ0) is 28.0. The van der Waals surface area contributed by atoms with Gasteiger partial charge in [-0.2, -0.15) is 0 Å². The molecule has 0 unspecified atom stereocenters. The van der Waals surface area contributed by atoms with Gasteiger partial charge in [-0.1, -0.05) is 47.0 Å². The van der Waals surface area contributed by atoms with Crippen molar-refractivity contribution in [3.05, 3.63) is 93.7 Å². The van der Waals surface area contributed by atoms with Crippen LogP contribution in [-0.2, 0) is 26.2 Å². The Bertz CT molecular complexity index is 1380. The summed E-state index contributed by atoms with van der Waals surface area (Å²) < 4.78 is 42.0. The minimum atomic E-state index is -4.25. The van der Waals surface area contributed by atoms with Gasteiger partial charge < -0.3 is 10.2 Å². The van der Waals surface area contributed by atoms with E-state index in [-0.39, 0.29) is 17.1 Å². The van der Waals surface area contributed by atoms with Crippen molar-refractivity contribution in [2.75, 3.05) is 17.4 Å². The Balaban J connectivity index is 2.06. The second kappa shape index (κ2) is 12.6. The lowest BCUT2D eigenvalue weighted by atomic mass is 10.1. The maximum absolute atomic E-state index is 13.8. The smallest absolute Gasteiger partial charge is 0.264 e. The Labute approximate surface area is 232 Å². The van der Waals surface area contributed by atoms with Gasteiger partial charge in [0.15, 0.2) is 0 Å². The van der Waals surface area contributed by atoms with Crippen molar-refractivity contribution in [2.24, 2.45) is 0 Å². The van der Waals surface area contributed by atoms with E-state index in [0.29, 0.717) is 22.2 Å². The summed E-state index contributed by atoms with van der Waals surface area (Å²) in [5, 5.41) is 3.26. The topological polar surface area (TPSA) is 86.8 Å². The number of hydrogen-bond donors (Lipinski definition) is 1. The molecule has 0 radical (unpaired) electrons. The largest absolute Gasteiger partial charge is 0.355 e. The Morgan fingerprint density at radius 3 is 2.11 bits per heavy atom. The average Bonchev–Trinajstić information content (AvgIpc) is 2.87. The molecule has 202 valence electrons. The van der Waals surface area contributed by atoms with E-state index in [2.05, 4.69) is 5.32 Å². The number of aryl methyl sites for hydroxylation is 1. The minimum Gasteiger partial charge on any atom is -0.355 e. The molecule has 3 aromatic carbocycles. The fourth-order valence-corrected chi connectivity index (χ4v) is 5.66. The molecular formula is C27H28Cl2FN3O4S. The van der Waals surface area contributed by atoms with Crippen LogP contribution < -0.4 is 9.62 Å². The van der Waals surface area contributed by atoms with Crippen LogP contribution in [0.15, 0.2) is 71.6 Å². The number of sulfonamides is 1. The first-order valence-corrected chi connectivity index (χ1v) is 14.0. The number of nitrogens with one attached hydrogen (secondary N) is 1. The molecule has 38 heavy (non-hydrogen) atoms. The lowest BCUT2D eigenvalue weighted by Crippen LogP contribution is -2.51. The summed E-state index contributed by atoms with van der Waals surface area (Å²) in [5.41, 5.74) is 1.35. The van der Waals surface area contributed by atoms with Crippen molar-refractivity contribution in [3.8, 4) is 0 Å². The molecule has 3 rings (SSSR count). The number of carbonyl (C=O) groups is 2. The molecular weight excluding hydrogens is 552 g/mol. The van der Waals surface area contributed by atoms with E-state index in [1.54, 1.807) is 37.3 Å². The number of hydrogen-bond acceptors (Lipinski definition) is 4. The lowest BCUT2D eigenvalue weighted by molar-refractivity contribution is -0.139. The number of nitrogens with zero attached hydrogens (tertiary/aromatic N) is 2. The zero-order valence-electron chi connectivity index (χ0n) is 21.1. The summed E-state index contributed by atoms with van der Waals surface area (Å²) in [4.78, 5) is 27.7. The number of amides is 2. The summed E-state index contributed by atoms with van der Waals surface area (Å²) in [7, 11) is -4.25. The van der Waals surface area contributed by atoms with Gasteiger partial charge in [0.05, 0.1) is 10.6 Å². The zero-order valence-corrected chi connectivity index (χ0v) is 23.4. The van der Waals surface area contributed by atoms with Crippen LogP contribution in [0.1, 0.15) is 25.0 Å². The maximum atomic E-state index is 13.8. The van der Waals surface area contributed by atoms with Gasteiger partial charge >= 0.3 is 0 Å². The number of likely N-dealkylation sites (N-methyl/N-ethyl adjacent to an activating group) is 1. The Morgan fingerprint density at radius 1 is 0.974 bits per heavy atom. The van der Waals surface area contributed by atoms with Crippen LogP contribution in [0.25, 0.3) is 0 Å². The van der Waals surface area contributed by atoms with Crippen LogP contribution in [0, 0.1) is 12.7 Å². The van der Waals surface area contributed by atoms with Crippen LogP contribution in [0.5, 0.6) is 0 Å². The number of carbonyl (C=O) groups excluding carboxylic acids is 2. The lowest BCUT2D eigenvalue weighted by Gasteiger charge is -2.32. The van der Waals surface area contributed by atoms with Crippen molar-refractivity contribution in [1.82, 2.24) is 10.2 Å². The first-order valence-electron chi connectivity index (χ1n) is 11.8. The Morgan fingerprint density at radius 2 is 1.55 bits per heavy atom. The molecule has 7 nitrogen and oxygen atoms in total. The van der Waals surface area contributed by atoms with Gasteiger partial charge in [-0.3, -0.25) is 13.9 Å². The third kappa shape index (κ3) is 6.83. The molecule has 0 aliphatic heterocycles. The molecule has 0 aromatic heterocycles. The predicted molar refractivity (Wildman–Crippen MR) is 147 cm³/mol. The number of anilines is 1. The molecule has 11 heteroatoms. The highest BCUT2D eigenvalue weighted by Gasteiger charge is 2.33. The molecule has 1 atom stereocenters. The second-order valence-corrected chi connectivity index (χ2v) is 11.3. The fourth-order valence-electron chi connectivity index (χ4n) is 3.73. The number of rotatable bonds is 10. The molecule has 0 saturated heterocycles. The molecule has 0 heterocycles. The van der Waals surface area contributed by atoms with Crippen LogP contribution in [0.2, 0.25) is 10.0 Å². The monoisotopic (exact) mass is 579 g/mol. The molecule has 0 aliphatic rings. The summed E-state index contributed by atoms with van der Waals surface area (Å²) >= 11 is 12.7. The van der Waals surface area contributed by atoms with Crippen molar-refractivity contribution in [1.29, 1.82) is 0 Å². The summed E-state index contributed by atoms with van der Waals surface area (Å²) in [6, 6.07) is 14.8. The van der Waals surface area contributed by atoms with E-state index in [9.17, 15) is 22.4 Å². The minimum absolute atomic E-state index is 0.0438. The van der Waals surface area contributed by atoms with Crippen molar-refractivity contribution in [3.63, 3.8) is 0 Å². The van der Waals surface area contributed by atoms with Gasteiger partial charge in [0, 0.05) is 28.7 Å². The highest BCUT2D eigenvalue weighted by atomic mass is 35.5. The van der Waals surface area contributed by atoms with E-state index in [4.69, 9.17) is 23.2 Å². The van der Waals surface area contributed by atoms with E-state index in [0.717, 1.165) is 22.0 Å². The molecule has 0 bridgehead atoms. The van der Waals surface area contributed by atoms with E-state index < -0.39 is 40.2 Å². The van der Waals surface area contributed by atoms with Gasteiger partial charge in [-0.15, -0.1) is 0 Å². The molecule has 2 amide bonds. The quantitative estimate of drug-likeness (QED) is 0.358. The third-order valence-corrected chi connectivity index (χ3v) is 8.41. The number of benzene rings is 3. The van der Waals surface area contributed by atoms with Crippen LogP contribution in [-0.4, -0.2) is 44.3 Å². The molecule has 1 N–H and O–H groups in total. The highest BCUT2D eigenvalue weighted by Crippen LogP contribution is 2.28. The van der Waals surface area contributed by atoms with E-state index in [1.807, 2.05) is 6.92 Å². The van der Waals surface area contributed by atoms with E-state index in [1.165, 1.54) is 36.1 Å². The van der Waals surface area contributed by atoms with Crippen molar-refractivity contribution in [2.45, 2.75) is 38.3 Å². The van der Waals surface area contributed by atoms with Crippen LogP contribution in [0.3, 0.4) is 0 Å². The second-order valence-electron chi connectivity index (χ2n) is 8.59. The fraction of sp³-hybridized carbons (Fsp3) is 0.259. The Kier molecular flexibility index (Phi) is 9.76. The predicted octanol–water partition coefficient (Wildman–Crippen LogP) is 5.19. The maximum Gasteiger partial charge on any atom is 0.264 e. The van der Waals surface area contributed by atoms with Gasteiger partial charge in [0.1, 0.15) is 18.4 Å². The molecule has 3 aromatic rings. The molecule has 0 spiro atoms. The van der Waals surface area contributed by atoms with Gasteiger partial charge in [0.2, 0.25) is 11.8 Å². The number of halogens is 3. The van der Waals surface area contributed by atoms with Crippen molar-refractivity contribution >= 4 is 50.7 Å². The van der Waals surface area contributed by atoms with Crippen molar-refractivity contribution < 1.29 is 22.4 Å². The summed E-state index contributed by atoms with van der Waals surface area (Å²) in [5.74, 6) is -1.67. The first-order chi connectivity index (χ1) is 17.9. The van der Waals surface area contributed by atoms with Gasteiger partial charge in [-0.05, 0) is 69.3 Å². The standard InChI is InChI=1S/C27H28Cl2FN3O4S/c1-4-31-27(35)19(3)32(16-23-24(28)6-5-7-25(23)29)26(34)17-33(21-12-10-20(30)11-13-21)38(36,37)22-14-8-18(2)9-15-22/h5-15,19H,4,16-17H2,1-3H3,(H,31,35)/t19-/m1/s1. The van der Waals surface area contributed by atoms with Gasteiger partial charge in [0.25, 0.3) is 10.0 Å². The average molecular weight is 581 g/mol.